The molecule has 0 radical (unpaired) electrons. The summed E-state index contributed by atoms with van der Waals surface area (Å²) in [5.74, 6) is -0.883. The number of aryl methyl sites for hydroxylation is 2. The number of rotatable bonds is 9. The lowest BCUT2D eigenvalue weighted by atomic mass is 10.0. The summed E-state index contributed by atoms with van der Waals surface area (Å²) in [6.07, 6.45) is -2.37. The molecule has 2 atom stereocenters. The molecule has 2 aromatic rings. The molecule has 0 saturated carbocycles. The standard InChI is InChI=1S/C20H26ClF2N5O4S/c1-4-11-16(21)27-17(25-11)18(29)26-12-6-7-28(8-13(12)32-9-14(22)23)20-24-10(3)15(33-20)19(30)31-5-2/h12-14H,4-9H2,1-3H3,(H,25,27)(H,26,29). The van der Waals surface area contributed by atoms with Crippen LogP contribution in [-0.4, -0.2) is 71.7 Å². The number of carbonyl (C=O) groups excluding carboxylic acids is 2. The molecule has 2 N–H and O–H groups in total. The van der Waals surface area contributed by atoms with Gasteiger partial charge in [-0.25, -0.2) is 23.5 Å². The first-order valence-corrected chi connectivity index (χ1v) is 11.8. The van der Waals surface area contributed by atoms with Crippen LogP contribution >= 0.6 is 22.9 Å². The van der Waals surface area contributed by atoms with Crippen LogP contribution in [0.15, 0.2) is 0 Å². The minimum atomic E-state index is -2.65. The maximum absolute atomic E-state index is 12.9. The van der Waals surface area contributed by atoms with E-state index in [2.05, 4.69) is 20.3 Å². The van der Waals surface area contributed by atoms with Crippen LogP contribution in [0.3, 0.4) is 0 Å². The van der Waals surface area contributed by atoms with E-state index in [9.17, 15) is 18.4 Å². The molecule has 0 spiro atoms. The summed E-state index contributed by atoms with van der Waals surface area (Å²) < 4.78 is 36.2. The van der Waals surface area contributed by atoms with Crippen LogP contribution in [0, 0.1) is 6.92 Å². The van der Waals surface area contributed by atoms with Gasteiger partial charge in [0, 0.05) is 13.1 Å². The monoisotopic (exact) mass is 505 g/mol. The number of hydrogen-bond acceptors (Lipinski definition) is 8. The zero-order chi connectivity index (χ0) is 24.1. The van der Waals surface area contributed by atoms with Gasteiger partial charge < -0.3 is 24.7 Å². The minimum Gasteiger partial charge on any atom is -0.462 e. The van der Waals surface area contributed by atoms with Gasteiger partial charge in [0.05, 0.1) is 30.1 Å². The summed E-state index contributed by atoms with van der Waals surface area (Å²) in [6.45, 7) is 5.49. The fraction of sp³-hybridized carbons (Fsp3) is 0.600. The highest BCUT2D eigenvalue weighted by molar-refractivity contribution is 7.17. The van der Waals surface area contributed by atoms with Crippen molar-refractivity contribution in [1.29, 1.82) is 0 Å². The number of ether oxygens (including phenoxy) is 2. The number of thiazole rings is 1. The van der Waals surface area contributed by atoms with E-state index in [0.717, 1.165) is 0 Å². The molecule has 3 heterocycles. The Kier molecular flexibility index (Phi) is 8.60. The zero-order valence-electron chi connectivity index (χ0n) is 18.5. The van der Waals surface area contributed by atoms with Crippen molar-refractivity contribution in [3.05, 3.63) is 27.2 Å². The van der Waals surface area contributed by atoms with Crippen molar-refractivity contribution >= 4 is 39.9 Å². The van der Waals surface area contributed by atoms with E-state index in [-0.39, 0.29) is 24.1 Å². The van der Waals surface area contributed by atoms with Crippen molar-refractivity contribution in [3.8, 4) is 0 Å². The number of nitrogens with zero attached hydrogens (tertiary/aromatic N) is 3. The normalized spacial score (nSPS) is 18.6. The molecule has 1 fully saturated rings. The first-order chi connectivity index (χ1) is 15.7. The van der Waals surface area contributed by atoms with Crippen molar-refractivity contribution < 1.29 is 27.8 Å². The molecule has 33 heavy (non-hydrogen) atoms. The second-order valence-electron chi connectivity index (χ2n) is 7.42. The Labute approximate surface area is 198 Å². The largest absolute Gasteiger partial charge is 0.462 e. The summed E-state index contributed by atoms with van der Waals surface area (Å²) >= 11 is 7.19. The van der Waals surface area contributed by atoms with Crippen molar-refractivity contribution in [2.24, 2.45) is 0 Å². The smallest absolute Gasteiger partial charge is 0.350 e. The quantitative estimate of drug-likeness (QED) is 0.503. The van der Waals surface area contributed by atoms with Gasteiger partial charge in [0.25, 0.3) is 12.3 Å². The number of halogens is 3. The first-order valence-electron chi connectivity index (χ1n) is 10.6. The Morgan fingerprint density at radius 1 is 1.36 bits per heavy atom. The summed E-state index contributed by atoms with van der Waals surface area (Å²) in [4.78, 5) is 38.4. The Morgan fingerprint density at radius 3 is 2.76 bits per heavy atom. The number of imidazole rings is 1. The topological polar surface area (TPSA) is 109 Å². The summed E-state index contributed by atoms with van der Waals surface area (Å²) in [7, 11) is 0. The number of piperidine rings is 1. The van der Waals surface area contributed by atoms with Gasteiger partial charge in [-0.2, -0.15) is 0 Å². The number of hydrogen-bond donors (Lipinski definition) is 2. The van der Waals surface area contributed by atoms with Gasteiger partial charge in [-0.15, -0.1) is 0 Å². The SMILES string of the molecule is CCOC(=O)c1sc(N2CCC(NC(=O)c3nc(Cl)c(CC)[nH]3)C(OCC(F)F)C2)nc1C. The summed E-state index contributed by atoms with van der Waals surface area (Å²) in [5, 5.41) is 3.61. The number of esters is 1. The van der Waals surface area contributed by atoms with E-state index in [1.165, 1.54) is 11.3 Å². The third-order valence-electron chi connectivity index (χ3n) is 5.13. The second-order valence-corrected chi connectivity index (χ2v) is 8.75. The first kappa shape index (κ1) is 25.3. The lowest BCUT2D eigenvalue weighted by molar-refractivity contribution is -0.0391. The fourth-order valence-corrected chi connectivity index (χ4v) is 4.75. The molecule has 1 aliphatic rings. The number of alkyl halides is 2. The van der Waals surface area contributed by atoms with E-state index < -0.39 is 37.1 Å². The Morgan fingerprint density at radius 2 is 2.12 bits per heavy atom. The number of aromatic amines is 1. The van der Waals surface area contributed by atoms with Gasteiger partial charge >= 0.3 is 5.97 Å². The average Bonchev–Trinajstić information content (AvgIpc) is 3.35. The Balaban J connectivity index is 1.73. The number of amides is 1. The van der Waals surface area contributed by atoms with Gasteiger partial charge in [0.2, 0.25) is 0 Å². The van der Waals surface area contributed by atoms with Crippen molar-refractivity contribution in [1.82, 2.24) is 20.3 Å². The zero-order valence-corrected chi connectivity index (χ0v) is 20.1. The van der Waals surface area contributed by atoms with E-state index in [1.54, 1.807) is 13.8 Å². The van der Waals surface area contributed by atoms with Gasteiger partial charge in [0.15, 0.2) is 16.1 Å². The van der Waals surface area contributed by atoms with Crippen LogP contribution in [0.25, 0.3) is 0 Å². The minimum absolute atomic E-state index is 0.0570. The highest BCUT2D eigenvalue weighted by Crippen LogP contribution is 2.30. The van der Waals surface area contributed by atoms with Crippen molar-refractivity contribution in [2.45, 2.75) is 52.2 Å². The number of nitrogens with one attached hydrogen (secondary N) is 2. The molecular weight excluding hydrogens is 480 g/mol. The van der Waals surface area contributed by atoms with Crippen LogP contribution in [0.4, 0.5) is 13.9 Å². The summed E-state index contributed by atoms with van der Waals surface area (Å²) in [5.41, 5.74) is 1.18. The number of carbonyl (C=O) groups is 2. The molecule has 2 aromatic heterocycles. The van der Waals surface area contributed by atoms with Gasteiger partial charge in [-0.05, 0) is 26.7 Å². The van der Waals surface area contributed by atoms with E-state index >= 15 is 0 Å². The average molecular weight is 506 g/mol. The molecule has 3 rings (SSSR count). The van der Waals surface area contributed by atoms with Crippen LogP contribution in [-0.2, 0) is 15.9 Å². The highest BCUT2D eigenvalue weighted by Gasteiger charge is 2.34. The van der Waals surface area contributed by atoms with Crippen molar-refractivity contribution in [2.75, 3.05) is 31.2 Å². The lowest BCUT2D eigenvalue weighted by Crippen LogP contribution is -2.55. The van der Waals surface area contributed by atoms with Crippen LogP contribution in [0.2, 0.25) is 5.15 Å². The molecule has 182 valence electrons. The number of H-pyrrole nitrogens is 1. The van der Waals surface area contributed by atoms with Crippen LogP contribution in [0.5, 0.6) is 0 Å². The van der Waals surface area contributed by atoms with Crippen molar-refractivity contribution in [3.63, 3.8) is 0 Å². The van der Waals surface area contributed by atoms with E-state index in [0.29, 0.717) is 40.8 Å². The molecule has 0 bridgehead atoms. The van der Waals surface area contributed by atoms with Gasteiger partial charge in [0.1, 0.15) is 11.5 Å². The predicted molar refractivity (Wildman–Crippen MR) is 120 cm³/mol. The molecular formula is C20H26ClF2N5O4S. The lowest BCUT2D eigenvalue weighted by Gasteiger charge is -2.38. The molecule has 1 aliphatic heterocycles. The molecule has 0 aromatic carbocycles. The third kappa shape index (κ3) is 6.18. The van der Waals surface area contributed by atoms with Crippen LogP contribution < -0.4 is 10.2 Å². The Hall–Kier alpha value is -2.31. The van der Waals surface area contributed by atoms with Crippen LogP contribution in [0.1, 0.15) is 51.9 Å². The van der Waals surface area contributed by atoms with Gasteiger partial charge in [-0.1, -0.05) is 29.9 Å². The molecule has 2 unspecified atom stereocenters. The second kappa shape index (κ2) is 11.2. The predicted octanol–water partition coefficient (Wildman–Crippen LogP) is 3.23. The summed E-state index contributed by atoms with van der Waals surface area (Å²) in [6, 6.07) is -0.521. The molecule has 13 heteroatoms. The number of anilines is 1. The fourth-order valence-electron chi connectivity index (χ4n) is 3.49. The molecule has 0 aliphatic carbocycles. The molecule has 1 amide bonds. The molecule has 1 saturated heterocycles. The molecule has 9 nitrogen and oxygen atoms in total. The van der Waals surface area contributed by atoms with E-state index in [4.69, 9.17) is 21.1 Å². The highest BCUT2D eigenvalue weighted by atomic mass is 35.5. The van der Waals surface area contributed by atoms with Gasteiger partial charge in [-0.3, -0.25) is 4.79 Å². The Bertz CT molecular complexity index is 986. The maximum Gasteiger partial charge on any atom is 0.350 e. The maximum atomic E-state index is 12.9. The number of aromatic nitrogens is 3. The third-order valence-corrected chi connectivity index (χ3v) is 6.64. The van der Waals surface area contributed by atoms with E-state index in [1.807, 2.05) is 11.8 Å².